The maximum atomic E-state index is 11.0. The van der Waals surface area contributed by atoms with E-state index in [1.54, 1.807) is 0 Å². The van der Waals surface area contributed by atoms with Gasteiger partial charge in [0.2, 0.25) is 0 Å². The summed E-state index contributed by atoms with van der Waals surface area (Å²) in [7, 11) is -3.40. The monoisotopic (exact) mass is 196 g/mol. The minimum atomic E-state index is -3.40. The van der Waals surface area contributed by atoms with Crippen molar-refractivity contribution in [3.05, 3.63) is 0 Å². The Morgan fingerprint density at radius 3 is 2.42 bits per heavy atom. The van der Waals surface area contributed by atoms with E-state index in [9.17, 15) is 8.42 Å². The second kappa shape index (κ2) is 5.47. The maximum Gasteiger partial charge on any atom is 0.276 e. The van der Waals surface area contributed by atoms with Crippen molar-refractivity contribution in [3.8, 4) is 0 Å². The highest BCUT2D eigenvalue weighted by atomic mass is 32.2. The summed E-state index contributed by atoms with van der Waals surface area (Å²) in [4.78, 5) is 0. The Hall–Kier alpha value is -0.170. The van der Waals surface area contributed by atoms with Crippen LogP contribution in [0.2, 0.25) is 0 Å². The summed E-state index contributed by atoms with van der Waals surface area (Å²) in [5.74, 6) is 0. The molecule has 0 fully saturated rings. The summed E-state index contributed by atoms with van der Waals surface area (Å²) in [6, 6.07) is 0. The average molecular weight is 196 g/mol. The average Bonchev–Trinajstić information content (AvgIpc) is 1.98. The number of hydrogen-bond acceptors (Lipinski definition) is 3. The van der Waals surface area contributed by atoms with E-state index in [4.69, 9.17) is 5.11 Å². The SMILES string of the molecule is CCCNS(=O)(=O)NC[C@@H](C)O. The van der Waals surface area contributed by atoms with Gasteiger partial charge in [0.15, 0.2) is 0 Å². The Balaban J connectivity index is 3.73. The van der Waals surface area contributed by atoms with Crippen LogP contribution >= 0.6 is 0 Å². The molecule has 0 heterocycles. The van der Waals surface area contributed by atoms with Gasteiger partial charge in [-0.2, -0.15) is 13.1 Å². The van der Waals surface area contributed by atoms with Gasteiger partial charge in [-0.3, -0.25) is 0 Å². The van der Waals surface area contributed by atoms with Crippen LogP contribution in [-0.4, -0.2) is 32.7 Å². The molecule has 1 atom stereocenters. The Kier molecular flexibility index (Phi) is 5.39. The van der Waals surface area contributed by atoms with Crippen molar-refractivity contribution in [2.75, 3.05) is 13.1 Å². The predicted molar refractivity (Wildman–Crippen MR) is 46.9 cm³/mol. The molecule has 0 radical (unpaired) electrons. The van der Waals surface area contributed by atoms with Gasteiger partial charge in [-0.05, 0) is 13.3 Å². The molecule has 0 aromatic heterocycles. The molecule has 0 aliphatic carbocycles. The van der Waals surface area contributed by atoms with Crippen molar-refractivity contribution in [2.24, 2.45) is 0 Å². The van der Waals surface area contributed by atoms with Gasteiger partial charge in [0.25, 0.3) is 10.2 Å². The second-order valence-electron chi connectivity index (χ2n) is 2.60. The fraction of sp³-hybridized carbons (Fsp3) is 1.00. The fourth-order valence-corrected chi connectivity index (χ4v) is 1.55. The molecule has 6 heteroatoms. The van der Waals surface area contributed by atoms with Crippen LogP contribution in [0, 0.1) is 0 Å². The van der Waals surface area contributed by atoms with Gasteiger partial charge in [0.1, 0.15) is 0 Å². The Labute approximate surface area is 73.4 Å². The van der Waals surface area contributed by atoms with Crippen molar-refractivity contribution < 1.29 is 13.5 Å². The van der Waals surface area contributed by atoms with E-state index in [0.717, 1.165) is 6.42 Å². The standard InChI is InChI=1S/C6H16N2O3S/c1-3-4-7-12(10,11)8-5-6(2)9/h6-9H,3-5H2,1-2H3/t6-/m1/s1. The van der Waals surface area contributed by atoms with Gasteiger partial charge in [-0.15, -0.1) is 0 Å². The van der Waals surface area contributed by atoms with E-state index < -0.39 is 16.3 Å². The van der Waals surface area contributed by atoms with Crippen molar-refractivity contribution in [1.29, 1.82) is 0 Å². The van der Waals surface area contributed by atoms with E-state index in [1.165, 1.54) is 6.92 Å². The topological polar surface area (TPSA) is 78.4 Å². The van der Waals surface area contributed by atoms with Crippen LogP contribution in [0.5, 0.6) is 0 Å². The quantitative estimate of drug-likeness (QED) is 0.520. The third kappa shape index (κ3) is 6.53. The first-order valence-electron chi connectivity index (χ1n) is 3.90. The molecule has 0 aromatic rings. The number of nitrogens with one attached hydrogen (secondary N) is 2. The molecule has 0 spiro atoms. The molecule has 0 amide bonds. The van der Waals surface area contributed by atoms with Gasteiger partial charge in [-0.1, -0.05) is 6.92 Å². The number of rotatable bonds is 6. The van der Waals surface area contributed by atoms with Gasteiger partial charge in [0, 0.05) is 13.1 Å². The van der Waals surface area contributed by atoms with Crippen LogP contribution in [0.15, 0.2) is 0 Å². The Bertz CT molecular complexity index is 201. The summed E-state index contributed by atoms with van der Waals surface area (Å²) < 4.78 is 26.4. The van der Waals surface area contributed by atoms with Crippen LogP contribution < -0.4 is 9.44 Å². The van der Waals surface area contributed by atoms with Crippen molar-refractivity contribution in [1.82, 2.24) is 9.44 Å². The summed E-state index contributed by atoms with van der Waals surface area (Å²) >= 11 is 0. The number of aliphatic hydroxyl groups excluding tert-OH is 1. The molecule has 0 unspecified atom stereocenters. The summed E-state index contributed by atoms with van der Waals surface area (Å²) in [5, 5.41) is 8.79. The number of aliphatic hydroxyl groups is 1. The minimum absolute atomic E-state index is 0.0407. The first-order valence-corrected chi connectivity index (χ1v) is 5.38. The Morgan fingerprint density at radius 2 is 2.00 bits per heavy atom. The lowest BCUT2D eigenvalue weighted by atomic mass is 10.4. The zero-order chi connectivity index (χ0) is 9.61. The van der Waals surface area contributed by atoms with E-state index in [1.807, 2.05) is 6.92 Å². The van der Waals surface area contributed by atoms with Gasteiger partial charge < -0.3 is 5.11 Å². The maximum absolute atomic E-state index is 11.0. The normalized spacial score (nSPS) is 14.6. The third-order valence-electron chi connectivity index (χ3n) is 1.11. The highest BCUT2D eigenvalue weighted by Gasteiger charge is 2.08. The molecule has 0 rings (SSSR count). The highest BCUT2D eigenvalue weighted by molar-refractivity contribution is 7.87. The highest BCUT2D eigenvalue weighted by Crippen LogP contribution is 1.81. The smallest absolute Gasteiger partial charge is 0.276 e. The molecule has 5 nitrogen and oxygen atoms in total. The predicted octanol–water partition coefficient (Wildman–Crippen LogP) is -0.799. The molecule has 0 saturated carbocycles. The van der Waals surface area contributed by atoms with E-state index >= 15 is 0 Å². The van der Waals surface area contributed by atoms with Crippen LogP contribution in [0.3, 0.4) is 0 Å². The van der Waals surface area contributed by atoms with Crippen LogP contribution in [0.4, 0.5) is 0 Å². The van der Waals surface area contributed by atoms with E-state index in [0.29, 0.717) is 6.54 Å². The summed E-state index contributed by atoms with van der Waals surface area (Å²) in [5.41, 5.74) is 0. The van der Waals surface area contributed by atoms with Gasteiger partial charge in [-0.25, -0.2) is 4.72 Å². The molecule has 0 aliphatic rings. The molecule has 12 heavy (non-hydrogen) atoms. The van der Waals surface area contributed by atoms with Crippen molar-refractivity contribution in [3.63, 3.8) is 0 Å². The zero-order valence-corrected chi connectivity index (χ0v) is 8.19. The van der Waals surface area contributed by atoms with Crippen LogP contribution in [-0.2, 0) is 10.2 Å². The molecule has 74 valence electrons. The lowest BCUT2D eigenvalue weighted by Crippen LogP contribution is -2.40. The lowest BCUT2D eigenvalue weighted by molar-refractivity contribution is 0.198. The van der Waals surface area contributed by atoms with Crippen molar-refractivity contribution in [2.45, 2.75) is 26.4 Å². The third-order valence-corrected chi connectivity index (χ3v) is 2.24. The molecular formula is C6H16N2O3S. The second-order valence-corrected chi connectivity index (χ2v) is 4.18. The van der Waals surface area contributed by atoms with Gasteiger partial charge >= 0.3 is 0 Å². The summed E-state index contributed by atoms with van der Waals surface area (Å²) in [6.07, 6.45) is 0.0819. The van der Waals surface area contributed by atoms with E-state index in [2.05, 4.69) is 9.44 Å². The van der Waals surface area contributed by atoms with Crippen molar-refractivity contribution >= 4 is 10.2 Å². The first kappa shape index (κ1) is 11.8. The largest absolute Gasteiger partial charge is 0.392 e. The molecule has 0 saturated heterocycles. The molecule has 0 bridgehead atoms. The fourth-order valence-electron chi connectivity index (χ4n) is 0.518. The first-order chi connectivity index (χ1) is 5.48. The summed E-state index contributed by atoms with van der Waals surface area (Å²) in [6.45, 7) is 3.84. The van der Waals surface area contributed by atoms with Crippen LogP contribution in [0.25, 0.3) is 0 Å². The molecule has 3 N–H and O–H groups in total. The molecular weight excluding hydrogens is 180 g/mol. The molecule has 0 aromatic carbocycles. The number of hydrogen-bond donors (Lipinski definition) is 3. The molecule has 0 aliphatic heterocycles. The lowest BCUT2D eigenvalue weighted by Gasteiger charge is -2.08. The van der Waals surface area contributed by atoms with Gasteiger partial charge in [0.05, 0.1) is 6.10 Å². The van der Waals surface area contributed by atoms with Crippen LogP contribution in [0.1, 0.15) is 20.3 Å². The Morgan fingerprint density at radius 1 is 1.42 bits per heavy atom. The van der Waals surface area contributed by atoms with E-state index in [-0.39, 0.29) is 6.54 Å². The zero-order valence-electron chi connectivity index (χ0n) is 7.37. The minimum Gasteiger partial charge on any atom is -0.392 e.